The second-order valence-electron chi connectivity index (χ2n) is 4.89. The van der Waals surface area contributed by atoms with Gasteiger partial charge in [-0.05, 0) is 26.7 Å². The lowest BCUT2D eigenvalue weighted by atomic mass is 10.0. The highest BCUT2D eigenvalue weighted by molar-refractivity contribution is 7.99. The fourth-order valence-electron chi connectivity index (χ4n) is 2.04. The first-order chi connectivity index (χ1) is 8.24. The van der Waals surface area contributed by atoms with Crippen molar-refractivity contribution in [2.24, 2.45) is 0 Å². The molecule has 17 heavy (non-hydrogen) atoms. The van der Waals surface area contributed by atoms with Crippen LogP contribution in [0.3, 0.4) is 0 Å². The van der Waals surface area contributed by atoms with E-state index < -0.39 is 0 Å². The van der Waals surface area contributed by atoms with E-state index in [4.69, 9.17) is 4.52 Å². The summed E-state index contributed by atoms with van der Waals surface area (Å²) in [5.74, 6) is 1.68. The van der Waals surface area contributed by atoms with Crippen LogP contribution >= 0.6 is 11.8 Å². The summed E-state index contributed by atoms with van der Waals surface area (Å²) in [6.07, 6.45) is 6.86. The highest BCUT2D eigenvalue weighted by Crippen LogP contribution is 2.29. The van der Waals surface area contributed by atoms with Gasteiger partial charge in [-0.2, -0.15) is 16.7 Å². The van der Waals surface area contributed by atoms with Crippen molar-refractivity contribution in [2.75, 3.05) is 5.32 Å². The van der Waals surface area contributed by atoms with Crippen molar-refractivity contribution in [2.45, 2.75) is 63.0 Å². The van der Waals surface area contributed by atoms with Crippen LogP contribution in [0.4, 0.5) is 6.01 Å². The topological polar surface area (TPSA) is 51.0 Å². The first-order valence-corrected chi connectivity index (χ1v) is 7.49. The van der Waals surface area contributed by atoms with Gasteiger partial charge in [-0.25, -0.2) is 0 Å². The largest absolute Gasteiger partial charge is 0.336 e. The van der Waals surface area contributed by atoms with E-state index in [0.29, 0.717) is 12.1 Å². The number of aromatic nitrogens is 2. The van der Waals surface area contributed by atoms with Gasteiger partial charge in [-0.1, -0.05) is 24.4 Å². The van der Waals surface area contributed by atoms with Crippen LogP contribution in [-0.2, 0) is 5.75 Å². The number of thioether (sulfide) groups is 1. The van der Waals surface area contributed by atoms with Crippen molar-refractivity contribution >= 4 is 17.8 Å². The van der Waals surface area contributed by atoms with E-state index in [-0.39, 0.29) is 0 Å². The van der Waals surface area contributed by atoms with Gasteiger partial charge in [0.2, 0.25) is 0 Å². The van der Waals surface area contributed by atoms with Crippen LogP contribution in [-0.4, -0.2) is 21.4 Å². The Balaban J connectivity index is 1.76. The van der Waals surface area contributed by atoms with Crippen molar-refractivity contribution in [3.63, 3.8) is 0 Å². The molecule has 1 aromatic heterocycles. The summed E-state index contributed by atoms with van der Waals surface area (Å²) in [4.78, 5) is 4.33. The molecule has 2 rings (SSSR count). The molecular formula is C12H21N3OS. The quantitative estimate of drug-likeness (QED) is 0.873. The Morgan fingerprint density at radius 2 is 2.12 bits per heavy atom. The number of nitrogens with one attached hydrogen (secondary N) is 1. The maximum Gasteiger partial charge on any atom is 0.321 e. The van der Waals surface area contributed by atoms with Gasteiger partial charge in [0, 0.05) is 11.3 Å². The van der Waals surface area contributed by atoms with Gasteiger partial charge in [-0.3, -0.25) is 0 Å². The molecule has 0 aromatic carbocycles. The van der Waals surface area contributed by atoms with E-state index in [1.807, 2.05) is 11.8 Å². The molecule has 1 aromatic rings. The molecule has 1 saturated carbocycles. The van der Waals surface area contributed by atoms with E-state index >= 15 is 0 Å². The first kappa shape index (κ1) is 12.7. The Morgan fingerprint density at radius 3 is 2.82 bits per heavy atom. The van der Waals surface area contributed by atoms with E-state index in [1.54, 1.807) is 0 Å². The van der Waals surface area contributed by atoms with Crippen LogP contribution < -0.4 is 5.32 Å². The Kier molecular flexibility index (Phi) is 4.71. The standard InChI is InChI=1S/C12H21N3OS/c1-9(2)13-12-14-11(15-16-12)8-17-10-6-4-3-5-7-10/h9-10H,3-8H2,1-2H3,(H,13,14,15). The van der Waals surface area contributed by atoms with Crippen molar-refractivity contribution in [1.29, 1.82) is 0 Å². The molecule has 1 aliphatic rings. The van der Waals surface area contributed by atoms with Gasteiger partial charge in [0.1, 0.15) is 0 Å². The van der Waals surface area contributed by atoms with Crippen molar-refractivity contribution in [1.82, 2.24) is 10.1 Å². The van der Waals surface area contributed by atoms with Gasteiger partial charge < -0.3 is 9.84 Å². The van der Waals surface area contributed by atoms with Gasteiger partial charge in [0.15, 0.2) is 5.82 Å². The third kappa shape index (κ3) is 4.22. The van der Waals surface area contributed by atoms with Crippen molar-refractivity contribution in [3.05, 3.63) is 5.82 Å². The molecule has 96 valence electrons. The van der Waals surface area contributed by atoms with Crippen LogP contribution in [0, 0.1) is 0 Å². The minimum absolute atomic E-state index is 0.328. The second kappa shape index (κ2) is 6.28. The van der Waals surface area contributed by atoms with Crippen molar-refractivity contribution in [3.8, 4) is 0 Å². The maximum atomic E-state index is 5.13. The third-order valence-corrected chi connectivity index (χ3v) is 4.25. The summed E-state index contributed by atoms with van der Waals surface area (Å²) in [5, 5.41) is 7.89. The third-order valence-electron chi connectivity index (χ3n) is 2.88. The average molecular weight is 255 g/mol. The SMILES string of the molecule is CC(C)Nc1nc(CSC2CCCCC2)no1. The Labute approximate surface area is 107 Å². The summed E-state index contributed by atoms with van der Waals surface area (Å²) < 4.78 is 5.13. The zero-order valence-electron chi connectivity index (χ0n) is 10.6. The molecule has 1 heterocycles. The summed E-state index contributed by atoms with van der Waals surface area (Å²) in [6, 6.07) is 0.869. The second-order valence-corrected chi connectivity index (χ2v) is 6.17. The average Bonchev–Trinajstić information content (AvgIpc) is 2.75. The number of rotatable bonds is 5. The molecule has 1 fully saturated rings. The first-order valence-electron chi connectivity index (χ1n) is 6.45. The van der Waals surface area contributed by atoms with E-state index in [0.717, 1.165) is 16.8 Å². The molecule has 5 heteroatoms. The molecule has 0 radical (unpaired) electrons. The Bertz CT molecular complexity index is 334. The van der Waals surface area contributed by atoms with Gasteiger partial charge in [0.25, 0.3) is 0 Å². The molecule has 0 atom stereocenters. The van der Waals surface area contributed by atoms with Gasteiger partial charge in [0.05, 0.1) is 5.75 Å². The van der Waals surface area contributed by atoms with Crippen LogP contribution in [0.25, 0.3) is 0 Å². The smallest absolute Gasteiger partial charge is 0.321 e. The zero-order chi connectivity index (χ0) is 12.1. The van der Waals surface area contributed by atoms with Gasteiger partial charge in [-0.15, -0.1) is 0 Å². The molecule has 0 bridgehead atoms. The van der Waals surface area contributed by atoms with Crippen molar-refractivity contribution < 1.29 is 4.52 Å². The highest BCUT2D eigenvalue weighted by Gasteiger charge is 2.15. The van der Waals surface area contributed by atoms with Crippen LogP contribution in [0.2, 0.25) is 0 Å². The molecule has 4 nitrogen and oxygen atoms in total. The predicted octanol–water partition coefficient (Wildman–Crippen LogP) is 3.46. The molecular weight excluding hydrogens is 234 g/mol. The summed E-state index contributed by atoms with van der Waals surface area (Å²) in [5.41, 5.74) is 0. The lowest BCUT2D eigenvalue weighted by Crippen LogP contribution is -2.10. The molecule has 1 aliphatic carbocycles. The van der Waals surface area contributed by atoms with Crippen LogP contribution in [0.1, 0.15) is 51.8 Å². The van der Waals surface area contributed by atoms with Gasteiger partial charge >= 0.3 is 6.01 Å². The highest BCUT2D eigenvalue weighted by atomic mass is 32.2. The number of hydrogen-bond donors (Lipinski definition) is 1. The molecule has 0 unspecified atom stereocenters. The molecule has 0 saturated heterocycles. The Morgan fingerprint density at radius 1 is 1.35 bits per heavy atom. The normalized spacial score (nSPS) is 17.6. The minimum atomic E-state index is 0.328. The molecule has 0 amide bonds. The summed E-state index contributed by atoms with van der Waals surface area (Å²) in [7, 11) is 0. The Hall–Kier alpha value is -0.710. The lowest BCUT2D eigenvalue weighted by Gasteiger charge is -2.19. The number of anilines is 1. The van der Waals surface area contributed by atoms with Crippen LogP contribution in [0.15, 0.2) is 4.52 Å². The fraction of sp³-hybridized carbons (Fsp3) is 0.833. The number of hydrogen-bond acceptors (Lipinski definition) is 5. The summed E-state index contributed by atoms with van der Waals surface area (Å²) in [6.45, 7) is 4.11. The zero-order valence-corrected chi connectivity index (χ0v) is 11.4. The minimum Gasteiger partial charge on any atom is -0.336 e. The lowest BCUT2D eigenvalue weighted by molar-refractivity contribution is 0.422. The van der Waals surface area contributed by atoms with E-state index in [1.165, 1.54) is 32.1 Å². The molecule has 0 spiro atoms. The van der Waals surface area contributed by atoms with Crippen LogP contribution in [0.5, 0.6) is 0 Å². The number of nitrogens with zero attached hydrogens (tertiary/aromatic N) is 2. The predicted molar refractivity (Wildman–Crippen MR) is 71.2 cm³/mol. The summed E-state index contributed by atoms with van der Waals surface area (Å²) >= 11 is 1.97. The van der Waals surface area contributed by atoms with E-state index in [9.17, 15) is 0 Å². The fourth-order valence-corrected chi connectivity index (χ4v) is 3.21. The van der Waals surface area contributed by atoms with E-state index in [2.05, 4.69) is 29.3 Å². The maximum absolute atomic E-state index is 5.13. The molecule has 0 aliphatic heterocycles. The monoisotopic (exact) mass is 255 g/mol. The molecule has 1 N–H and O–H groups in total.